The van der Waals surface area contributed by atoms with Crippen molar-refractivity contribution < 1.29 is 28.6 Å². The molecule has 0 aliphatic rings. The highest BCUT2D eigenvalue weighted by molar-refractivity contribution is 6.09. The van der Waals surface area contributed by atoms with Gasteiger partial charge in [0.1, 0.15) is 23.1 Å². The van der Waals surface area contributed by atoms with E-state index in [-0.39, 0.29) is 12.2 Å². The van der Waals surface area contributed by atoms with Crippen LogP contribution in [0.4, 0.5) is 4.79 Å². The molecule has 1 N–H and O–H groups in total. The first-order valence-corrected chi connectivity index (χ1v) is 11.2. The molecule has 7 heteroatoms. The van der Waals surface area contributed by atoms with Crippen LogP contribution >= 0.6 is 0 Å². The van der Waals surface area contributed by atoms with E-state index in [9.17, 15) is 14.4 Å². The van der Waals surface area contributed by atoms with E-state index in [0.29, 0.717) is 22.6 Å². The van der Waals surface area contributed by atoms with Gasteiger partial charge in [0.2, 0.25) is 0 Å². The van der Waals surface area contributed by atoms with Gasteiger partial charge in [-0.1, -0.05) is 42.5 Å². The zero-order valence-electron chi connectivity index (χ0n) is 20.2. The van der Waals surface area contributed by atoms with E-state index in [1.54, 1.807) is 81.4 Å². The number of methoxy groups -OCH3 is 1. The van der Waals surface area contributed by atoms with Crippen molar-refractivity contribution >= 4 is 17.8 Å². The number of ketones is 1. The summed E-state index contributed by atoms with van der Waals surface area (Å²) in [6.07, 6.45) is -0.468. The van der Waals surface area contributed by atoms with E-state index in [2.05, 4.69) is 5.32 Å². The smallest absolute Gasteiger partial charge is 0.408 e. The predicted molar refractivity (Wildman–Crippen MR) is 132 cm³/mol. The number of benzene rings is 3. The molecule has 3 rings (SSSR count). The predicted octanol–water partition coefficient (Wildman–Crippen LogP) is 5.32. The minimum atomic E-state index is -0.892. The Morgan fingerprint density at radius 2 is 1.34 bits per heavy atom. The summed E-state index contributed by atoms with van der Waals surface area (Å²) in [5.74, 6) is 0.551. The molecule has 0 spiro atoms. The summed E-state index contributed by atoms with van der Waals surface area (Å²) >= 11 is 0. The fraction of sp³-hybridized carbons (Fsp3) is 0.250. The van der Waals surface area contributed by atoms with Gasteiger partial charge in [0, 0.05) is 17.5 Å². The molecular formula is C28H29NO6. The molecule has 0 saturated heterocycles. The lowest BCUT2D eigenvalue weighted by atomic mass is 10.0. The van der Waals surface area contributed by atoms with Crippen molar-refractivity contribution in [2.75, 3.05) is 7.11 Å². The standard InChI is InChI=1S/C28H29NO6/c1-28(2,3)35-27(32)29-24(26(31)33-4)18-19-10-14-22(15-11-19)34-23-16-12-21(13-17-23)25(30)20-8-6-5-7-9-20/h5-17,24H,18H2,1-4H3,(H,29,32). The fourth-order valence-electron chi connectivity index (χ4n) is 3.28. The largest absolute Gasteiger partial charge is 0.467 e. The van der Waals surface area contributed by atoms with E-state index in [0.717, 1.165) is 5.56 Å². The Hall–Kier alpha value is -4.13. The van der Waals surface area contributed by atoms with Crippen LogP contribution in [0.25, 0.3) is 0 Å². The Morgan fingerprint density at radius 3 is 1.89 bits per heavy atom. The van der Waals surface area contributed by atoms with Gasteiger partial charge in [-0.2, -0.15) is 0 Å². The van der Waals surface area contributed by atoms with Crippen LogP contribution in [0.5, 0.6) is 11.5 Å². The van der Waals surface area contributed by atoms with Crippen LogP contribution in [-0.4, -0.2) is 36.6 Å². The number of rotatable bonds is 8. The highest BCUT2D eigenvalue weighted by Gasteiger charge is 2.25. The zero-order chi connectivity index (χ0) is 25.4. The van der Waals surface area contributed by atoms with Crippen molar-refractivity contribution in [3.63, 3.8) is 0 Å². The number of carbonyl (C=O) groups is 3. The number of ether oxygens (including phenoxy) is 3. The Bertz CT molecular complexity index is 1150. The van der Waals surface area contributed by atoms with E-state index < -0.39 is 23.7 Å². The zero-order valence-corrected chi connectivity index (χ0v) is 20.2. The van der Waals surface area contributed by atoms with E-state index in [1.807, 2.05) is 18.2 Å². The number of hydrogen-bond donors (Lipinski definition) is 1. The van der Waals surface area contributed by atoms with Crippen molar-refractivity contribution in [3.8, 4) is 11.5 Å². The lowest BCUT2D eigenvalue weighted by Crippen LogP contribution is -2.45. The van der Waals surface area contributed by atoms with Crippen molar-refractivity contribution in [2.45, 2.75) is 38.8 Å². The number of esters is 1. The Morgan fingerprint density at radius 1 is 0.800 bits per heavy atom. The van der Waals surface area contributed by atoms with Crippen LogP contribution < -0.4 is 10.1 Å². The van der Waals surface area contributed by atoms with Crippen LogP contribution in [0, 0.1) is 0 Å². The third kappa shape index (κ3) is 7.71. The van der Waals surface area contributed by atoms with Gasteiger partial charge in [-0.25, -0.2) is 9.59 Å². The first-order chi connectivity index (χ1) is 16.6. The lowest BCUT2D eigenvalue weighted by Gasteiger charge is -2.22. The number of amides is 1. The third-order valence-corrected chi connectivity index (χ3v) is 4.93. The molecule has 1 unspecified atom stereocenters. The molecule has 3 aromatic rings. The SMILES string of the molecule is COC(=O)C(Cc1ccc(Oc2ccc(C(=O)c3ccccc3)cc2)cc1)NC(=O)OC(C)(C)C. The van der Waals surface area contributed by atoms with Crippen LogP contribution in [0.1, 0.15) is 42.3 Å². The molecule has 0 radical (unpaired) electrons. The summed E-state index contributed by atoms with van der Waals surface area (Å²) in [5, 5.41) is 2.56. The van der Waals surface area contributed by atoms with Crippen molar-refractivity contribution in [2.24, 2.45) is 0 Å². The van der Waals surface area contributed by atoms with E-state index >= 15 is 0 Å². The number of carbonyl (C=O) groups excluding carboxylic acids is 3. The fourth-order valence-corrected chi connectivity index (χ4v) is 3.28. The summed E-state index contributed by atoms with van der Waals surface area (Å²) in [6.45, 7) is 5.23. The second-order valence-corrected chi connectivity index (χ2v) is 8.89. The Labute approximate surface area is 205 Å². The lowest BCUT2D eigenvalue weighted by molar-refractivity contribution is -0.143. The second kappa shape index (κ2) is 11.3. The molecule has 1 atom stereocenters. The molecule has 0 aliphatic heterocycles. The molecule has 0 fully saturated rings. The Kier molecular flexibility index (Phi) is 8.25. The molecule has 7 nitrogen and oxygen atoms in total. The van der Waals surface area contributed by atoms with Gasteiger partial charge in [-0.3, -0.25) is 4.79 Å². The minimum absolute atomic E-state index is 0.0540. The quantitative estimate of drug-likeness (QED) is 0.350. The average Bonchev–Trinajstić information content (AvgIpc) is 2.83. The highest BCUT2D eigenvalue weighted by Crippen LogP contribution is 2.23. The van der Waals surface area contributed by atoms with Crippen molar-refractivity contribution in [3.05, 3.63) is 95.6 Å². The molecule has 3 aromatic carbocycles. The molecule has 0 heterocycles. The number of hydrogen-bond acceptors (Lipinski definition) is 6. The van der Waals surface area contributed by atoms with Gasteiger partial charge in [-0.15, -0.1) is 0 Å². The van der Waals surface area contributed by atoms with E-state index in [1.165, 1.54) is 7.11 Å². The molecular weight excluding hydrogens is 446 g/mol. The number of nitrogens with one attached hydrogen (secondary N) is 1. The first kappa shape index (κ1) is 25.5. The molecule has 0 bridgehead atoms. The third-order valence-electron chi connectivity index (χ3n) is 4.93. The second-order valence-electron chi connectivity index (χ2n) is 8.89. The van der Waals surface area contributed by atoms with Gasteiger partial charge in [0.15, 0.2) is 5.78 Å². The number of alkyl carbamates (subject to hydrolysis) is 1. The van der Waals surface area contributed by atoms with E-state index in [4.69, 9.17) is 14.2 Å². The summed E-state index contributed by atoms with van der Waals surface area (Å²) in [6, 6.07) is 22.2. The Balaban J connectivity index is 1.62. The monoisotopic (exact) mass is 475 g/mol. The molecule has 0 aromatic heterocycles. The highest BCUT2D eigenvalue weighted by atomic mass is 16.6. The molecule has 0 aliphatic carbocycles. The maximum absolute atomic E-state index is 12.5. The summed E-state index contributed by atoms with van der Waals surface area (Å²) in [5.41, 5.74) is 1.32. The topological polar surface area (TPSA) is 90.9 Å². The van der Waals surface area contributed by atoms with Crippen LogP contribution in [0.15, 0.2) is 78.9 Å². The molecule has 182 valence electrons. The van der Waals surface area contributed by atoms with Crippen LogP contribution in [0.2, 0.25) is 0 Å². The normalized spacial score (nSPS) is 11.8. The van der Waals surface area contributed by atoms with Crippen LogP contribution in [-0.2, 0) is 20.7 Å². The van der Waals surface area contributed by atoms with Crippen molar-refractivity contribution in [1.29, 1.82) is 0 Å². The van der Waals surface area contributed by atoms with Crippen LogP contribution in [0.3, 0.4) is 0 Å². The van der Waals surface area contributed by atoms with Gasteiger partial charge in [0.05, 0.1) is 7.11 Å². The summed E-state index contributed by atoms with van der Waals surface area (Å²) in [4.78, 5) is 36.8. The minimum Gasteiger partial charge on any atom is -0.467 e. The maximum atomic E-state index is 12.5. The summed E-state index contributed by atoms with van der Waals surface area (Å²) in [7, 11) is 1.27. The average molecular weight is 476 g/mol. The van der Waals surface area contributed by atoms with Gasteiger partial charge in [0.25, 0.3) is 0 Å². The molecule has 1 amide bonds. The van der Waals surface area contributed by atoms with Crippen molar-refractivity contribution in [1.82, 2.24) is 5.32 Å². The van der Waals surface area contributed by atoms with Gasteiger partial charge >= 0.3 is 12.1 Å². The first-order valence-electron chi connectivity index (χ1n) is 11.2. The van der Waals surface area contributed by atoms with Gasteiger partial charge < -0.3 is 19.5 Å². The summed E-state index contributed by atoms with van der Waals surface area (Å²) < 4.78 is 15.9. The maximum Gasteiger partial charge on any atom is 0.408 e. The molecule has 0 saturated carbocycles. The van der Waals surface area contributed by atoms with Gasteiger partial charge in [-0.05, 0) is 62.7 Å². The molecule has 35 heavy (non-hydrogen) atoms.